The molecule has 2 heterocycles. The maximum Gasteiger partial charge on any atom is 0.128 e. The van der Waals surface area contributed by atoms with Gasteiger partial charge in [-0.3, -0.25) is 0 Å². The number of aromatic nitrogens is 1. The summed E-state index contributed by atoms with van der Waals surface area (Å²) >= 11 is 0. The zero-order valence-corrected chi connectivity index (χ0v) is 14.3. The predicted molar refractivity (Wildman–Crippen MR) is 95.6 cm³/mol. The minimum atomic E-state index is 0.763. The molecule has 4 rings (SSSR count). The summed E-state index contributed by atoms with van der Waals surface area (Å²) in [5, 5.41) is 3.89. The van der Waals surface area contributed by atoms with Crippen LogP contribution in [0.2, 0.25) is 0 Å². The van der Waals surface area contributed by atoms with Crippen molar-refractivity contribution in [1.29, 1.82) is 0 Å². The van der Waals surface area contributed by atoms with Gasteiger partial charge in [0.15, 0.2) is 0 Å². The molecule has 0 atom stereocenters. The maximum atomic E-state index is 4.72. The summed E-state index contributed by atoms with van der Waals surface area (Å²) in [6.45, 7) is 3.34. The van der Waals surface area contributed by atoms with Gasteiger partial charge in [0, 0.05) is 31.9 Å². The standard InChI is InChI=1S/C20H31N3/c1-2-12-23(13-3-1)19-11-10-16(14-21-19)15-22-20(17-6-4-7-17)18-8-5-9-18/h10-11,14,17-18,20,22H,1-9,12-13,15H2. The zero-order chi connectivity index (χ0) is 15.5. The van der Waals surface area contributed by atoms with Gasteiger partial charge in [-0.2, -0.15) is 0 Å². The smallest absolute Gasteiger partial charge is 0.128 e. The van der Waals surface area contributed by atoms with E-state index in [1.165, 1.54) is 82.3 Å². The second kappa shape index (κ2) is 7.21. The molecule has 0 aromatic carbocycles. The topological polar surface area (TPSA) is 28.2 Å². The van der Waals surface area contributed by atoms with Crippen molar-refractivity contribution < 1.29 is 0 Å². The van der Waals surface area contributed by atoms with Crippen LogP contribution in [0.25, 0.3) is 0 Å². The van der Waals surface area contributed by atoms with Gasteiger partial charge < -0.3 is 10.2 Å². The Hall–Kier alpha value is -1.09. The first-order valence-corrected chi connectivity index (χ1v) is 9.83. The van der Waals surface area contributed by atoms with E-state index < -0.39 is 0 Å². The molecule has 3 fully saturated rings. The van der Waals surface area contributed by atoms with Gasteiger partial charge in [0.2, 0.25) is 0 Å². The normalized spacial score (nSPS) is 22.9. The van der Waals surface area contributed by atoms with E-state index in [1.54, 1.807) is 0 Å². The largest absolute Gasteiger partial charge is 0.357 e. The highest BCUT2D eigenvalue weighted by atomic mass is 15.2. The Bertz CT molecular complexity index is 470. The molecule has 0 unspecified atom stereocenters. The number of hydrogen-bond donors (Lipinski definition) is 1. The number of hydrogen-bond acceptors (Lipinski definition) is 3. The van der Waals surface area contributed by atoms with Crippen molar-refractivity contribution in [2.75, 3.05) is 18.0 Å². The van der Waals surface area contributed by atoms with E-state index >= 15 is 0 Å². The molecule has 0 spiro atoms. The van der Waals surface area contributed by atoms with Crippen LogP contribution < -0.4 is 10.2 Å². The number of nitrogens with one attached hydrogen (secondary N) is 1. The lowest BCUT2D eigenvalue weighted by molar-refractivity contribution is 0.122. The zero-order valence-electron chi connectivity index (χ0n) is 14.3. The Morgan fingerprint density at radius 2 is 1.65 bits per heavy atom. The Kier molecular flexibility index (Phi) is 4.84. The average Bonchev–Trinajstić information content (AvgIpc) is 2.51. The highest BCUT2D eigenvalue weighted by Crippen LogP contribution is 2.40. The molecule has 0 amide bonds. The van der Waals surface area contributed by atoms with Crippen LogP contribution in [0, 0.1) is 11.8 Å². The first-order chi connectivity index (χ1) is 11.4. The van der Waals surface area contributed by atoms with E-state index in [0.29, 0.717) is 0 Å². The van der Waals surface area contributed by atoms with Crippen LogP contribution >= 0.6 is 0 Å². The summed E-state index contributed by atoms with van der Waals surface area (Å²) in [6.07, 6.45) is 14.8. The highest BCUT2D eigenvalue weighted by molar-refractivity contribution is 5.39. The van der Waals surface area contributed by atoms with E-state index in [-0.39, 0.29) is 0 Å². The van der Waals surface area contributed by atoms with Crippen LogP contribution in [-0.2, 0) is 6.54 Å². The summed E-state index contributed by atoms with van der Waals surface area (Å²) < 4.78 is 0. The Labute approximate surface area is 140 Å². The van der Waals surface area contributed by atoms with Gasteiger partial charge in [0.1, 0.15) is 5.82 Å². The molecule has 23 heavy (non-hydrogen) atoms. The van der Waals surface area contributed by atoms with E-state index in [2.05, 4.69) is 28.5 Å². The van der Waals surface area contributed by atoms with Gasteiger partial charge in [-0.1, -0.05) is 18.9 Å². The second-order valence-electron chi connectivity index (χ2n) is 7.86. The van der Waals surface area contributed by atoms with Gasteiger partial charge in [0.05, 0.1) is 0 Å². The fourth-order valence-electron chi connectivity index (χ4n) is 4.38. The summed E-state index contributed by atoms with van der Waals surface area (Å²) in [6, 6.07) is 5.27. The van der Waals surface area contributed by atoms with Crippen molar-refractivity contribution in [3.63, 3.8) is 0 Å². The lowest BCUT2D eigenvalue weighted by Crippen LogP contribution is -2.46. The number of anilines is 1. The third kappa shape index (κ3) is 3.55. The molecular weight excluding hydrogens is 282 g/mol. The minimum Gasteiger partial charge on any atom is -0.357 e. The molecule has 3 aliphatic rings. The van der Waals surface area contributed by atoms with Gasteiger partial charge >= 0.3 is 0 Å². The molecule has 2 saturated carbocycles. The molecule has 2 aliphatic carbocycles. The van der Waals surface area contributed by atoms with Gasteiger partial charge in [-0.25, -0.2) is 4.98 Å². The molecule has 1 saturated heterocycles. The van der Waals surface area contributed by atoms with Crippen LogP contribution in [0.4, 0.5) is 5.82 Å². The van der Waals surface area contributed by atoms with Crippen molar-refractivity contribution in [3.8, 4) is 0 Å². The maximum absolute atomic E-state index is 4.72. The van der Waals surface area contributed by atoms with Crippen LogP contribution in [0.3, 0.4) is 0 Å². The van der Waals surface area contributed by atoms with E-state index in [1.807, 2.05) is 0 Å². The van der Waals surface area contributed by atoms with Gasteiger partial charge in [0.25, 0.3) is 0 Å². The van der Waals surface area contributed by atoms with Gasteiger partial charge in [-0.05, 0) is 68.4 Å². The first kappa shape index (κ1) is 15.4. The molecule has 1 aromatic heterocycles. The molecule has 1 aromatic rings. The lowest BCUT2D eigenvalue weighted by Gasteiger charge is -2.43. The predicted octanol–water partition coefficient (Wildman–Crippen LogP) is 4.13. The molecule has 1 N–H and O–H groups in total. The molecule has 126 valence electrons. The molecule has 3 nitrogen and oxygen atoms in total. The Balaban J connectivity index is 1.32. The quantitative estimate of drug-likeness (QED) is 0.856. The first-order valence-electron chi connectivity index (χ1n) is 9.83. The fraction of sp³-hybridized carbons (Fsp3) is 0.750. The van der Waals surface area contributed by atoms with E-state index in [4.69, 9.17) is 4.98 Å². The SMILES string of the molecule is c1cc(N2CCCCC2)ncc1CNC(C1CCC1)C1CCC1. The van der Waals surface area contributed by atoms with Crippen molar-refractivity contribution in [3.05, 3.63) is 23.9 Å². The fourth-order valence-corrected chi connectivity index (χ4v) is 4.38. The molecule has 0 radical (unpaired) electrons. The second-order valence-corrected chi connectivity index (χ2v) is 7.86. The molecule has 3 heteroatoms. The number of piperidine rings is 1. The van der Waals surface area contributed by atoms with Crippen LogP contribution in [0.15, 0.2) is 18.3 Å². The lowest BCUT2D eigenvalue weighted by atomic mass is 9.68. The van der Waals surface area contributed by atoms with Crippen molar-refractivity contribution in [2.45, 2.75) is 70.4 Å². The highest BCUT2D eigenvalue weighted by Gasteiger charge is 2.35. The number of pyridine rings is 1. The van der Waals surface area contributed by atoms with Crippen LogP contribution in [0.5, 0.6) is 0 Å². The van der Waals surface area contributed by atoms with Crippen molar-refractivity contribution in [2.24, 2.45) is 11.8 Å². The van der Waals surface area contributed by atoms with Crippen LogP contribution in [-0.4, -0.2) is 24.1 Å². The van der Waals surface area contributed by atoms with Crippen molar-refractivity contribution >= 4 is 5.82 Å². The minimum absolute atomic E-state index is 0.763. The van der Waals surface area contributed by atoms with E-state index in [9.17, 15) is 0 Å². The van der Waals surface area contributed by atoms with Gasteiger partial charge in [-0.15, -0.1) is 0 Å². The number of rotatable bonds is 6. The monoisotopic (exact) mass is 313 g/mol. The third-order valence-corrected chi connectivity index (χ3v) is 6.35. The molecule has 0 bridgehead atoms. The van der Waals surface area contributed by atoms with Crippen molar-refractivity contribution in [1.82, 2.24) is 10.3 Å². The summed E-state index contributed by atoms with van der Waals surface area (Å²) in [5.74, 6) is 3.06. The number of nitrogens with zero attached hydrogens (tertiary/aromatic N) is 2. The Morgan fingerprint density at radius 1 is 0.957 bits per heavy atom. The summed E-state index contributed by atoms with van der Waals surface area (Å²) in [4.78, 5) is 7.16. The molecular formula is C20H31N3. The average molecular weight is 313 g/mol. The summed E-state index contributed by atoms with van der Waals surface area (Å²) in [5.41, 5.74) is 1.34. The molecule has 1 aliphatic heterocycles. The summed E-state index contributed by atoms with van der Waals surface area (Å²) in [7, 11) is 0. The third-order valence-electron chi connectivity index (χ3n) is 6.35. The van der Waals surface area contributed by atoms with Crippen LogP contribution in [0.1, 0.15) is 63.4 Å². The Morgan fingerprint density at radius 3 is 2.17 bits per heavy atom. The van der Waals surface area contributed by atoms with E-state index in [0.717, 1.165) is 24.4 Å².